The summed E-state index contributed by atoms with van der Waals surface area (Å²) in [7, 11) is 3.51. The van der Waals surface area contributed by atoms with E-state index in [2.05, 4.69) is 12.2 Å². The van der Waals surface area contributed by atoms with Crippen molar-refractivity contribution in [3.8, 4) is 11.5 Å². The van der Waals surface area contributed by atoms with Gasteiger partial charge in [0.1, 0.15) is 12.7 Å². The van der Waals surface area contributed by atoms with Gasteiger partial charge in [-0.2, -0.15) is 0 Å². The van der Waals surface area contributed by atoms with Crippen molar-refractivity contribution in [3.63, 3.8) is 0 Å². The van der Waals surface area contributed by atoms with Crippen LogP contribution in [0.25, 0.3) is 0 Å². The van der Waals surface area contributed by atoms with Crippen molar-refractivity contribution in [3.05, 3.63) is 23.8 Å². The van der Waals surface area contributed by atoms with Gasteiger partial charge >= 0.3 is 0 Å². The normalized spacial score (nSPS) is 14.0. The average molecular weight is 297 g/mol. The zero-order chi connectivity index (χ0) is 15.8. The van der Waals surface area contributed by atoms with Crippen molar-refractivity contribution in [2.24, 2.45) is 0 Å². The molecule has 0 spiro atoms. The fourth-order valence-corrected chi connectivity index (χ4v) is 1.78. The number of benzene rings is 1. The lowest BCUT2D eigenvalue weighted by Gasteiger charge is -2.17. The molecule has 0 bridgehead atoms. The van der Waals surface area contributed by atoms with Crippen LogP contribution in [0.2, 0.25) is 0 Å². The molecule has 0 aliphatic rings. The third kappa shape index (κ3) is 5.91. The van der Waals surface area contributed by atoms with Gasteiger partial charge in [-0.25, -0.2) is 0 Å². The molecule has 2 atom stereocenters. The summed E-state index contributed by atoms with van der Waals surface area (Å²) < 4.78 is 16.3. The zero-order valence-electron chi connectivity index (χ0n) is 13.6. The maximum atomic E-state index is 9.80. The van der Waals surface area contributed by atoms with E-state index >= 15 is 0 Å². The third-order valence-corrected chi connectivity index (χ3v) is 3.17. The van der Waals surface area contributed by atoms with Crippen LogP contribution in [0.3, 0.4) is 0 Å². The second-order valence-corrected chi connectivity index (χ2v) is 5.27. The van der Waals surface area contributed by atoms with Crippen LogP contribution in [0.1, 0.15) is 32.4 Å². The van der Waals surface area contributed by atoms with Gasteiger partial charge in [0, 0.05) is 6.04 Å². The van der Waals surface area contributed by atoms with E-state index < -0.39 is 6.10 Å². The minimum Gasteiger partial charge on any atom is -0.493 e. The Morgan fingerprint density at radius 2 is 1.86 bits per heavy atom. The van der Waals surface area contributed by atoms with Gasteiger partial charge in [-0.05, 0) is 45.5 Å². The summed E-state index contributed by atoms with van der Waals surface area (Å²) in [6, 6.07) is 6.01. The van der Waals surface area contributed by atoms with E-state index in [0.29, 0.717) is 11.5 Å². The number of rotatable bonds is 9. The number of aliphatic hydroxyl groups is 1. The van der Waals surface area contributed by atoms with Crippen molar-refractivity contribution in [1.82, 2.24) is 5.32 Å². The van der Waals surface area contributed by atoms with E-state index in [1.165, 1.54) is 0 Å². The monoisotopic (exact) mass is 297 g/mol. The molecule has 0 aliphatic heterocycles. The molecule has 120 valence electrons. The smallest absolute Gasteiger partial charge is 0.161 e. The van der Waals surface area contributed by atoms with E-state index in [9.17, 15) is 5.11 Å². The van der Waals surface area contributed by atoms with Crippen LogP contribution >= 0.6 is 0 Å². The van der Waals surface area contributed by atoms with Crippen LogP contribution in [0.4, 0.5) is 0 Å². The predicted octanol–water partition coefficient (Wildman–Crippen LogP) is 2.14. The maximum absolute atomic E-state index is 9.80. The Kier molecular flexibility index (Phi) is 7.50. The van der Waals surface area contributed by atoms with Gasteiger partial charge < -0.3 is 24.6 Å². The molecule has 0 saturated heterocycles. The summed E-state index contributed by atoms with van der Waals surface area (Å²) in [5.74, 6) is 1.28. The Morgan fingerprint density at radius 1 is 1.14 bits per heavy atom. The van der Waals surface area contributed by atoms with E-state index in [1.807, 2.05) is 39.1 Å². The van der Waals surface area contributed by atoms with Gasteiger partial charge in [0.15, 0.2) is 11.5 Å². The van der Waals surface area contributed by atoms with Crippen LogP contribution < -0.4 is 14.8 Å². The Hall–Kier alpha value is -1.30. The standard InChI is InChI=1S/C16H27NO4/c1-11(2)20-9-14(18)10-21-15-7-6-13(12(3)17-4)8-16(15)19-5/h6-8,11-12,14,17-18H,9-10H2,1-5H3. The second kappa shape index (κ2) is 8.87. The highest BCUT2D eigenvalue weighted by molar-refractivity contribution is 5.43. The lowest BCUT2D eigenvalue weighted by atomic mass is 10.1. The van der Waals surface area contributed by atoms with Gasteiger partial charge in [-0.1, -0.05) is 6.07 Å². The molecular formula is C16H27NO4. The van der Waals surface area contributed by atoms with Crippen LogP contribution in [0.5, 0.6) is 11.5 Å². The topological polar surface area (TPSA) is 60.0 Å². The minimum absolute atomic E-state index is 0.0940. The molecule has 0 fully saturated rings. The van der Waals surface area contributed by atoms with E-state index in [1.54, 1.807) is 7.11 Å². The first-order valence-electron chi connectivity index (χ1n) is 7.25. The van der Waals surface area contributed by atoms with E-state index in [-0.39, 0.29) is 25.4 Å². The summed E-state index contributed by atoms with van der Waals surface area (Å²) in [5, 5.41) is 13.0. The van der Waals surface area contributed by atoms with Gasteiger partial charge in [0.2, 0.25) is 0 Å². The molecule has 2 unspecified atom stereocenters. The summed E-state index contributed by atoms with van der Waals surface area (Å²) in [6.45, 7) is 6.36. The molecule has 5 nitrogen and oxygen atoms in total. The quantitative estimate of drug-likeness (QED) is 0.731. The van der Waals surface area contributed by atoms with Crippen LogP contribution in [-0.2, 0) is 4.74 Å². The Bertz CT molecular complexity index is 423. The van der Waals surface area contributed by atoms with Gasteiger partial charge in [0.05, 0.1) is 19.8 Å². The van der Waals surface area contributed by atoms with Crippen molar-refractivity contribution < 1.29 is 19.3 Å². The number of methoxy groups -OCH3 is 1. The van der Waals surface area contributed by atoms with E-state index in [4.69, 9.17) is 14.2 Å². The maximum Gasteiger partial charge on any atom is 0.161 e. The molecule has 0 aliphatic carbocycles. The summed E-state index contributed by atoms with van der Waals surface area (Å²) in [6.07, 6.45) is -0.565. The molecule has 2 N–H and O–H groups in total. The molecule has 21 heavy (non-hydrogen) atoms. The molecule has 1 rings (SSSR count). The first-order valence-corrected chi connectivity index (χ1v) is 7.25. The molecular weight excluding hydrogens is 270 g/mol. The second-order valence-electron chi connectivity index (χ2n) is 5.27. The Morgan fingerprint density at radius 3 is 2.43 bits per heavy atom. The SMILES string of the molecule is CNC(C)c1ccc(OCC(O)COC(C)C)c(OC)c1. The number of aliphatic hydroxyl groups excluding tert-OH is 1. The highest BCUT2D eigenvalue weighted by atomic mass is 16.5. The van der Waals surface area contributed by atoms with Gasteiger partial charge in [-0.15, -0.1) is 0 Å². The molecule has 0 radical (unpaired) electrons. The molecule has 1 aromatic carbocycles. The molecule has 0 amide bonds. The van der Waals surface area contributed by atoms with Crippen LogP contribution in [-0.4, -0.2) is 44.7 Å². The van der Waals surface area contributed by atoms with Crippen molar-refractivity contribution in [2.75, 3.05) is 27.4 Å². The number of nitrogens with one attached hydrogen (secondary N) is 1. The number of hydrogen-bond donors (Lipinski definition) is 2. The van der Waals surface area contributed by atoms with Crippen LogP contribution in [0, 0.1) is 0 Å². The van der Waals surface area contributed by atoms with Crippen LogP contribution in [0.15, 0.2) is 18.2 Å². The fraction of sp³-hybridized carbons (Fsp3) is 0.625. The Labute approximate surface area is 127 Å². The molecule has 0 heterocycles. The van der Waals surface area contributed by atoms with Crippen molar-refractivity contribution in [1.29, 1.82) is 0 Å². The average Bonchev–Trinajstić information content (AvgIpc) is 2.49. The van der Waals surface area contributed by atoms with E-state index in [0.717, 1.165) is 5.56 Å². The molecule has 1 aromatic rings. The minimum atomic E-state index is -0.659. The fourth-order valence-electron chi connectivity index (χ4n) is 1.78. The first kappa shape index (κ1) is 17.8. The highest BCUT2D eigenvalue weighted by Crippen LogP contribution is 2.30. The summed E-state index contributed by atoms with van der Waals surface area (Å²) in [5.41, 5.74) is 1.12. The lowest BCUT2D eigenvalue weighted by Crippen LogP contribution is -2.25. The summed E-state index contributed by atoms with van der Waals surface area (Å²) in [4.78, 5) is 0. The van der Waals surface area contributed by atoms with Gasteiger partial charge in [-0.3, -0.25) is 0 Å². The number of ether oxygens (including phenoxy) is 3. The van der Waals surface area contributed by atoms with Crippen molar-refractivity contribution in [2.45, 2.75) is 39.0 Å². The number of hydrogen-bond acceptors (Lipinski definition) is 5. The molecule has 5 heteroatoms. The summed E-state index contributed by atoms with van der Waals surface area (Å²) >= 11 is 0. The predicted molar refractivity (Wildman–Crippen MR) is 83.1 cm³/mol. The highest BCUT2D eigenvalue weighted by Gasteiger charge is 2.12. The van der Waals surface area contributed by atoms with Crippen molar-refractivity contribution >= 4 is 0 Å². The molecule has 0 saturated carbocycles. The lowest BCUT2D eigenvalue weighted by molar-refractivity contribution is -0.0125. The first-order chi connectivity index (χ1) is 9.97. The largest absolute Gasteiger partial charge is 0.493 e. The zero-order valence-corrected chi connectivity index (χ0v) is 13.6. The Balaban J connectivity index is 2.62. The van der Waals surface area contributed by atoms with Gasteiger partial charge in [0.25, 0.3) is 0 Å². The third-order valence-electron chi connectivity index (χ3n) is 3.17. The molecule has 0 aromatic heterocycles.